The second kappa shape index (κ2) is 8.48. The number of hydrogen-bond donors (Lipinski definition) is 0. The van der Waals surface area contributed by atoms with Crippen LogP contribution in [0.5, 0.6) is 5.75 Å². The molecule has 1 amide bonds. The van der Waals surface area contributed by atoms with Gasteiger partial charge < -0.3 is 14.5 Å². The molecule has 0 N–H and O–H groups in total. The van der Waals surface area contributed by atoms with Crippen LogP contribution in [0.15, 0.2) is 42.5 Å². The van der Waals surface area contributed by atoms with Crippen LogP contribution in [0.2, 0.25) is 0 Å². The predicted octanol–water partition coefficient (Wildman–Crippen LogP) is 4.72. The molecule has 4 nitrogen and oxygen atoms in total. The van der Waals surface area contributed by atoms with Crippen LogP contribution >= 0.6 is 0 Å². The van der Waals surface area contributed by atoms with Crippen LogP contribution < -0.4 is 9.64 Å². The Kier molecular flexibility index (Phi) is 6.21. The standard InChI is InChI=1S/C25H34N2O2/c1-18-8-7-9-23(19(18)2)26-14-16-27(17-15-26)24(28)20(3)29-22-12-10-21(11-13-22)25(4,5)6/h7-13,20H,14-17H2,1-6H3/t20-/m1/s1. The first-order valence-corrected chi connectivity index (χ1v) is 10.5. The number of benzene rings is 2. The first-order chi connectivity index (χ1) is 13.7. The van der Waals surface area contributed by atoms with Gasteiger partial charge in [0.25, 0.3) is 5.91 Å². The van der Waals surface area contributed by atoms with Gasteiger partial charge in [0.15, 0.2) is 6.10 Å². The SMILES string of the molecule is Cc1cccc(N2CCN(C(=O)[C@@H](C)Oc3ccc(C(C)(C)C)cc3)CC2)c1C. The lowest BCUT2D eigenvalue weighted by molar-refractivity contribution is -0.138. The summed E-state index contributed by atoms with van der Waals surface area (Å²) >= 11 is 0. The summed E-state index contributed by atoms with van der Waals surface area (Å²) in [5.74, 6) is 0.804. The summed E-state index contributed by atoms with van der Waals surface area (Å²) in [4.78, 5) is 17.2. The summed E-state index contributed by atoms with van der Waals surface area (Å²) in [6, 6.07) is 14.5. The first kappa shape index (κ1) is 21.2. The van der Waals surface area contributed by atoms with E-state index < -0.39 is 6.10 Å². The molecule has 1 aliphatic heterocycles. The fraction of sp³-hybridized carbons (Fsp3) is 0.480. The summed E-state index contributed by atoms with van der Waals surface area (Å²) in [5, 5.41) is 0. The van der Waals surface area contributed by atoms with Crippen molar-refractivity contribution in [1.82, 2.24) is 4.90 Å². The molecule has 3 rings (SSSR count). The zero-order chi connectivity index (χ0) is 21.2. The molecular weight excluding hydrogens is 360 g/mol. The number of amides is 1. The van der Waals surface area contributed by atoms with Crippen LogP contribution in [-0.4, -0.2) is 43.1 Å². The number of anilines is 1. The monoisotopic (exact) mass is 394 g/mol. The van der Waals surface area contributed by atoms with Crippen molar-refractivity contribution < 1.29 is 9.53 Å². The largest absolute Gasteiger partial charge is 0.481 e. The van der Waals surface area contributed by atoms with Crippen molar-refractivity contribution in [3.8, 4) is 5.75 Å². The van der Waals surface area contributed by atoms with E-state index in [-0.39, 0.29) is 11.3 Å². The molecule has 2 aromatic rings. The lowest BCUT2D eigenvalue weighted by Gasteiger charge is -2.38. The van der Waals surface area contributed by atoms with Crippen molar-refractivity contribution in [3.05, 3.63) is 59.2 Å². The van der Waals surface area contributed by atoms with E-state index in [1.807, 2.05) is 24.0 Å². The Bertz CT molecular complexity index is 844. The Morgan fingerprint density at radius 2 is 1.59 bits per heavy atom. The molecule has 0 bridgehead atoms. The molecule has 0 aromatic heterocycles. The highest BCUT2D eigenvalue weighted by molar-refractivity contribution is 5.81. The quantitative estimate of drug-likeness (QED) is 0.752. The molecule has 1 fully saturated rings. The fourth-order valence-corrected chi connectivity index (χ4v) is 3.79. The number of aryl methyl sites for hydroxylation is 1. The van der Waals surface area contributed by atoms with E-state index in [1.54, 1.807) is 0 Å². The maximum Gasteiger partial charge on any atom is 0.263 e. The summed E-state index contributed by atoms with van der Waals surface area (Å²) in [5.41, 5.74) is 5.27. The molecule has 156 valence electrons. The maximum atomic E-state index is 12.9. The molecule has 1 saturated heterocycles. The highest BCUT2D eigenvalue weighted by Gasteiger charge is 2.27. The third-order valence-corrected chi connectivity index (χ3v) is 5.89. The Morgan fingerprint density at radius 1 is 0.966 bits per heavy atom. The van der Waals surface area contributed by atoms with Gasteiger partial charge in [-0.25, -0.2) is 0 Å². The molecule has 29 heavy (non-hydrogen) atoms. The minimum atomic E-state index is -0.484. The predicted molar refractivity (Wildman–Crippen MR) is 120 cm³/mol. The van der Waals surface area contributed by atoms with Gasteiger partial charge in [-0.15, -0.1) is 0 Å². The Balaban J connectivity index is 1.57. The van der Waals surface area contributed by atoms with Crippen LogP contribution in [0.3, 0.4) is 0 Å². The van der Waals surface area contributed by atoms with Crippen LogP contribution in [0.25, 0.3) is 0 Å². The van der Waals surface area contributed by atoms with Crippen LogP contribution in [0.4, 0.5) is 5.69 Å². The van der Waals surface area contributed by atoms with E-state index >= 15 is 0 Å². The molecular formula is C25H34N2O2. The number of carbonyl (C=O) groups excluding carboxylic acids is 1. The van der Waals surface area contributed by atoms with Gasteiger partial charge in [-0.05, 0) is 61.1 Å². The van der Waals surface area contributed by atoms with E-state index in [0.717, 1.165) is 31.9 Å². The van der Waals surface area contributed by atoms with Gasteiger partial charge in [0.2, 0.25) is 0 Å². The third-order valence-electron chi connectivity index (χ3n) is 5.89. The molecule has 2 aromatic carbocycles. The fourth-order valence-electron chi connectivity index (χ4n) is 3.79. The van der Waals surface area contributed by atoms with E-state index in [0.29, 0.717) is 0 Å². The number of carbonyl (C=O) groups is 1. The van der Waals surface area contributed by atoms with E-state index in [1.165, 1.54) is 22.4 Å². The van der Waals surface area contributed by atoms with Crippen LogP contribution in [0.1, 0.15) is 44.4 Å². The first-order valence-electron chi connectivity index (χ1n) is 10.5. The second-order valence-electron chi connectivity index (χ2n) is 9.07. The minimum Gasteiger partial charge on any atom is -0.481 e. The second-order valence-corrected chi connectivity index (χ2v) is 9.07. The minimum absolute atomic E-state index is 0.0607. The topological polar surface area (TPSA) is 32.8 Å². The lowest BCUT2D eigenvalue weighted by Crippen LogP contribution is -2.52. The van der Waals surface area contributed by atoms with Gasteiger partial charge in [-0.2, -0.15) is 0 Å². The molecule has 0 saturated carbocycles. The lowest BCUT2D eigenvalue weighted by atomic mass is 9.87. The summed E-state index contributed by atoms with van der Waals surface area (Å²) in [6.07, 6.45) is -0.484. The van der Waals surface area contributed by atoms with Crippen molar-refractivity contribution in [2.24, 2.45) is 0 Å². The van der Waals surface area contributed by atoms with E-state index in [9.17, 15) is 4.79 Å². The van der Waals surface area contributed by atoms with Gasteiger partial charge in [-0.1, -0.05) is 45.0 Å². The van der Waals surface area contributed by atoms with Crippen molar-refractivity contribution in [2.45, 2.75) is 53.1 Å². The van der Waals surface area contributed by atoms with Gasteiger partial charge in [0.05, 0.1) is 0 Å². The number of hydrogen-bond acceptors (Lipinski definition) is 3. The maximum absolute atomic E-state index is 12.9. The number of ether oxygens (including phenoxy) is 1. The molecule has 1 atom stereocenters. The molecule has 0 radical (unpaired) electrons. The molecule has 1 aliphatic rings. The smallest absolute Gasteiger partial charge is 0.263 e. The van der Waals surface area contributed by atoms with Crippen molar-refractivity contribution in [3.63, 3.8) is 0 Å². The van der Waals surface area contributed by atoms with Gasteiger partial charge in [0, 0.05) is 31.9 Å². The third kappa shape index (κ3) is 4.92. The van der Waals surface area contributed by atoms with Gasteiger partial charge in [-0.3, -0.25) is 4.79 Å². The van der Waals surface area contributed by atoms with Crippen molar-refractivity contribution in [2.75, 3.05) is 31.1 Å². The number of piperazine rings is 1. The number of nitrogens with zero attached hydrogens (tertiary/aromatic N) is 2. The summed E-state index contributed by atoms with van der Waals surface area (Å²) in [6.45, 7) is 15.9. The van der Waals surface area contributed by atoms with Crippen LogP contribution in [-0.2, 0) is 10.2 Å². The Labute approximate surface area is 175 Å². The highest BCUT2D eigenvalue weighted by Crippen LogP contribution is 2.26. The van der Waals surface area contributed by atoms with Gasteiger partial charge >= 0.3 is 0 Å². The highest BCUT2D eigenvalue weighted by atomic mass is 16.5. The van der Waals surface area contributed by atoms with Gasteiger partial charge in [0.1, 0.15) is 5.75 Å². The zero-order valence-electron chi connectivity index (χ0n) is 18.7. The molecule has 1 heterocycles. The molecule has 4 heteroatoms. The van der Waals surface area contributed by atoms with Crippen molar-refractivity contribution in [1.29, 1.82) is 0 Å². The van der Waals surface area contributed by atoms with Crippen molar-refractivity contribution >= 4 is 11.6 Å². The van der Waals surface area contributed by atoms with E-state index in [2.05, 4.69) is 69.9 Å². The molecule has 0 aliphatic carbocycles. The molecule has 0 spiro atoms. The summed E-state index contributed by atoms with van der Waals surface area (Å²) < 4.78 is 5.94. The van der Waals surface area contributed by atoms with E-state index in [4.69, 9.17) is 4.74 Å². The average Bonchev–Trinajstić information content (AvgIpc) is 2.69. The summed E-state index contributed by atoms with van der Waals surface area (Å²) in [7, 11) is 0. The van der Waals surface area contributed by atoms with Crippen LogP contribution in [0, 0.1) is 13.8 Å². The Morgan fingerprint density at radius 3 is 2.17 bits per heavy atom. The Hall–Kier alpha value is -2.49. The number of rotatable bonds is 4. The average molecular weight is 395 g/mol. The zero-order valence-corrected chi connectivity index (χ0v) is 18.7. The molecule has 0 unspecified atom stereocenters. The normalized spacial score (nSPS) is 15.9.